The van der Waals surface area contributed by atoms with Gasteiger partial charge < -0.3 is 0 Å². The highest BCUT2D eigenvalue weighted by Gasteiger charge is 2.11. The number of rotatable bonds is 6. The molecule has 6 heteroatoms. The van der Waals surface area contributed by atoms with Crippen molar-refractivity contribution in [1.82, 2.24) is 5.43 Å². The van der Waals surface area contributed by atoms with E-state index in [9.17, 15) is 14.9 Å². The molecule has 1 rings (SSSR count). The van der Waals surface area contributed by atoms with E-state index >= 15 is 0 Å². The van der Waals surface area contributed by atoms with Gasteiger partial charge in [-0.2, -0.15) is 5.10 Å². The molecule has 0 bridgehead atoms. The summed E-state index contributed by atoms with van der Waals surface area (Å²) in [5.74, 6) is 0.303. The molecule has 0 aliphatic rings. The molecule has 0 saturated heterocycles. The lowest BCUT2D eigenvalue weighted by Gasteiger charge is -2.13. The molecule has 0 aliphatic carbocycles. The number of amides is 1. The minimum atomic E-state index is -0.467. The second kappa shape index (κ2) is 7.52. The summed E-state index contributed by atoms with van der Waals surface area (Å²) in [4.78, 5) is 21.9. The van der Waals surface area contributed by atoms with Crippen LogP contribution in [0.2, 0.25) is 0 Å². The van der Waals surface area contributed by atoms with Crippen LogP contribution in [-0.2, 0) is 11.2 Å². The van der Waals surface area contributed by atoms with E-state index < -0.39 is 4.92 Å². The average molecular weight is 291 g/mol. The van der Waals surface area contributed by atoms with Crippen molar-refractivity contribution >= 4 is 17.3 Å². The first-order chi connectivity index (χ1) is 9.81. The van der Waals surface area contributed by atoms with Crippen molar-refractivity contribution in [2.45, 2.75) is 34.1 Å². The highest BCUT2D eigenvalue weighted by atomic mass is 16.6. The Labute approximate surface area is 124 Å². The predicted molar refractivity (Wildman–Crippen MR) is 82.1 cm³/mol. The fourth-order valence-electron chi connectivity index (χ4n) is 2.01. The summed E-state index contributed by atoms with van der Waals surface area (Å²) < 4.78 is 0. The third-order valence-corrected chi connectivity index (χ3v) is 3.00. The number of carbonyl (C=O) groups excluding carboxylic acids is 1. The van der Waals surface area contributed by atoms with Crippen molar-refractivity contribution in [1.29, 1.82) is 0 Å². The number of nitro groups is 1. The quantitative estimate of drug-likeness (QED) is 0.497. The number of benzene rings is 1. The number of hydrogen-bond donors (Lipinski definition) is 1. The normalized spacial score (nSPS) is 10.6. The monoisotopic (exact) mass is 291 g/mol. The fourth-order valence-corrected chi connectivity index (χ4v) is 2.01. The summed E-state index contributed by atoms with van der Waals surface area (Å²) in [5, 5.41) is 14.7. The summed E-state index contributed by atoms with van der Waals surface area (Å²) >= 11 is 0. The number of non-ortho nitro benzene ring substituents is 1. The molecule has 6 nitrogen and oxygen atoms in total. The Balaban J connectivity index is 2.65. The van der Waals surface area contributed by atoms with Crippen LogP contribution in [0.1, 0.15) is 33.3 Å². The molecule has 0 atom stereocenters. The SMILES string of the molecule is CC(C)C(=NNC(=O)Cc1ccc([N+](=O)[O-])cc1)C(C)C. The maximum absolute atomic E-state index is 11.8. The lowest BCUT2D eigenvalue weighted by atomic mass is 9.98. The third kappa shape index (κ3) is 5.33. The molecule has 1 aromatic rings. The number of nitrogens with one attached hydrogen (secondary N) is 1. The molecular weight excluding hydrogens is 270 g/mol. The van der Waals surface area contributed by atoms with Gasteiger partial charge in [0.05, 0.1) is 11.3 Å². The third-order valence-electron chi connectivity index (χ3n) is 3.00. The van der Waals surface area contributed by atoms with Gasteiger partial charge in [-0.25, -0.2) is 5.43 Å². The van der Waals surface area contributed by atoms with E-state index in [1.165, 1.54) is 12.1 Å². The van der Waals surface area contributed by atoms with Crippen LogP contribution in [0.15, 0.2) is 29.4 Å². The van der Waals surface area contributed by atoms with Crippen LogP contribution in [-0.4, -0.2) is 16.5 Å². The molecule has 1 aromatic carbocycles. The number of nitro benzene ring substituents is 1. The Morgan fingerprint density at radius 2 is 1.71 bits per heavy atom. The van der Waals surface area contributed by atoms with Crippen LogP contribution in [0, 0.1) is 22.0 Å². The summed E-state index contributed by atoms with van der Waals surface area (Å²) in [7, 11) is 0. The van der Waals surface area contributed by atoms with Crippen LogP contribution >= 0.6 is 0 Å². The first kappa shape index (κ1) is 16.8. The zero-order valence-electron chi connectivity index (χ0n) is 12.8. The van der Waals surface area contributed by atoms with Crippen molar-refractivity contribution in [3.8, 4) is 0 Å². The average Bonchev–Trinajstić information content (AvgIpc) is 2.38. The molecule has 114 valence electrons. The number of hydrogen-bond acceptors (Lipinski definition) is 4. The topological polar surface area (TPSA) is 84.6 Å². The maximum atomic E-state index is 11.8. The molecule has 0 heterocycles. The van der Waals surface area contributed by atoms with Gasteiger partial charge >= 0.3 is 0 Å². The highest BCUT2D eigenvalue weighted by Crippen LogP contribution is 2.12. The van der Waals surface area contributed by atoms with Crippen molar-refractivity contribution in [2.24, 2.45) is 16.9 Å². The van der Waals surface area contributed by atoms with Gasteiger partial charge in [-0.15, -0.1) is 0 Å². The van der Waals surface area contributed by atoms with E-state index in [1.807, 2.05) is 27.7 Å². The molecule has 1 N–H and O–H groups in total. The lowest BCUT2D eigenvalue weighted by molar-refractivity contribution is -0.384. The van der Waals surface area contributed by atoms with Gasteiger partial charge in [0, 0.05) is 17.8 Å². The van der Waals surface area contributed by atoms with Crippen LogP contribution in [0.3, 0.4) is 0 Å². The van der Waals surface area contributed by atoms with E-state index in [0.717, 1.165) is 5.71 Å². The van der Waals surface area contributed by atoms with E-state index in [2.05, 4.69) is 10.5 Å². The zero-order valence-corrected chi connectivity index (χ0v) is 12.8. The maximum Gasteiger partial charge on any atom is 0.269 e. The molecule has 0 radical (unpaired) electrons. The zero-order chi connectivity index (χ0) is 16.0. The van der Waals surface area contributed by atoms with Gasteiger partial charge in [0.2, 0.25) is 5.91 Å². The van der Waals surface area contributed by atoms with E-state index in [-0.39, 0.29) is 29.9 Å². The Kier molecular flexibility index (Phi) is 6.02. The minimum absolute atomic E-state index is 0.0130. The molecule has 21 heavy (non-hydrogen) atoms. The Morgan fingerprint density at radius 3 is 2.14 bits per heavy atom. The lowest BCUT2D eigenvalue weighted by Crippen LogP contribution is -2.25. The standard InChI is InChI=1S/C15H21N3O3/c1-10(2)15(11(3)4)17-16-14(19)9-12-5-7-13(8-6-12)18(20)21/h5-8,10-11H,9H2,1-4H3,(H,16,19). The van der Waals surface area contributed by atoms with Crippen molar-refractivity contribution in [3.63, 3.8) is 0 Å². The molecular formula is C15H21N3O3. The van der Waals surface area contributed by atoms with Crippen LogP contribution in [0.25, 0.3) is 0 Å². The number of nitrogens with zero attached hydrogens (tertiary/aromatic N) is 2. The van der Waals surface area contributed by atoms with Gasteiger partial charge in [0.1, 0.15) is 0 Å². The van der Waals surface area contributed by atoms with Gasteiger partial charge in [-0.1, -0.05) is 39.8 Å². The Hall–Kier alpha value is -2.24. The molecule has 0 saturated carbocycles. The largest absolute Gasteiger partial charge is 0.273 e. The minimum Gasteiger partial charge on any atom is -0.273 e. The van der Waals surface area contributed by atoms with Gasteiger partial charge in [-0.3, -0.25) is 14.9 Å². The van der Waals surface area contributed by atoms with Crippen LogP contribution in [0.4, 0.5) is 5.69 Å². The second-order valence-electron chi connectivity index (χ2n) is 5.48. The van der Waals surface area contributed by atoms with Gasteiger partial charge in [0.15, 0.2) is 0 Å². The fraction of sp³-hybridized carbons (Fsp3) is 0.467. The van der Waals surface area contributed by atoms with Crippen LogP contribution in [0.5, 0.6) is 0 Å². The molecule has 0 aromatic heterocycles. The Morgan fingerprint density at radius 1 is 1.19 bits per heavy atom. The molecule has 0 aliphatic heterocycles. The first-order valence-corrected chi connectivity index (χ1v) is 6.91. The summed E-state index contributed by atoms with van der Waals surface area (Å²) in [6, 6.07) is 5.93. The van der Waals surface area contributed by atoms with Gasteiger partial charge in [-0.05, 0) is 17.4 Å². The smallest absolute Gasteiger partial charge is 0.269 e. The summed E-state index contributed by atoms with van der Waals surface area (Å²) in [5.41, 5.74) is 4.21. The molecule has 0 spiro atoms. The predicted octanol–water partition coefficient (Wildman–Crippen LogP) is 2.92. The first-order valence-electron chi connectivity index (χ1n) is 6.91. The van der Waals surface area contributed by atoms with Gasteiger partial charge in [0.25, 0.3) is 5.69 Å². The van der Waals surface area contributed by atoms with Crippen molar-refractivity contribution in [3.05, 3.63) is 39.9 Å². The van der Waals surface area contributed by atoms with Crippen molar-refractivity contribution in [2.75, 3.05) is 0 Å². The summed E-state index contributed by atoms with van der Waals surface area (Å²) in [6.45, 7) is 8.12. The van der Waals surface area contributed by atoms with Crippen molar-refractivity contribution < 1.29 is 9.72 Å². The second-order valence-corrected chi connectivity index (χ2v) is 5.48. The van der Waals surface area contributed by atoms with Crippen LogP contribution < -0.4 is 5.43 Å². The highest BCUT2D eigenvalue weighted by molar-refractivity contribution is 5.89. The molecule has 0 unspecified atom stereocenters. The molecule has 0 fully saturated rings. The number of hydrazone groups is 1. The van der Waals surface area contributed by atoms with E-state index in [0.29, 0.717) is 5.56 Å². The Bertz CT molecular complexity index is 524. The number of carbonyl (C=O) groups is 1. The van der Waals surface area contributed by atoms with E-state index in [4.69, 9.17) is 0 Å². The summed E-state index contributed by atoms with van der Waals surface area (Å²) in [6.07, 6.45) is 0.144. The molecule has 1 amide bonds. The van der Waals surface area contributed by atoms with E-state index in [1.54, 1.807) is 12.1 Å².